The predicted molar refractivity (Wildman–Crippen MR) is 56.1 cm³/mol. The Morgan fingerprint density at radius 2 is 2.08 bits per heavy atom. The van der Waals surface area contributed by atoms with Crippen molar-refractivity contribution >= 4 is 15.9 Å². The first-order valence-electron chi connectivity index (χ1n) is 4.19. The van der Waals surface area contributed by atoms with Crippen LogP contribution in [0.5, 0.6) is 0 Å². The lowest BCUT2D eigenvalue weighted by atomic mass is 10.1. The Morgan fingerprint density at radius 3 is 2.67 bits per heavy atom. The lowest BCUT2D eigenvalue weighted by Gasteiger charge is -2.06. The summed E-state index contributed by atoms with van der Waals surface area (Å²) in [5.41, 5.74) is 7.02. The zero-order valence-corrected chi connectivity index (χ0v) is 8.84. The minimum atomic E-state index is 0.289. The smallest absolute Gasteiger partial charge is 0.0207 e. The van der Waals surface area contributed by atoms with Crippen LogP contribution in [-0.4, -0.2) is 6.04 Å². The van der Waals surface area contributed by atoms with Crippen molar-refractivity contribution in [3.63, 3.8) is 0 Å². The minimum absolute atomic E-state index is 0.289. The Kier molecular flexibility index (Phi) is 3.76. The van der Waals surface area contributed by atoms with Gasteiger partial charge in [-0.25, -0.2) is 0 Å². The van der Waals surface area contributed by atoms with Gasteiger partial charge in [-0.05, 0) is 31.4 Å². The Hall–Kier alpha value is -0.340. The summed E-state index contributed by atoms with van der Waals surface area (Å²) in [4.78, 5) is 0. The molecule has 2 N–H and O–H groups in total. The van der Waals surface area contributed by atoms with Crippen molar-refractivity contribution in [3.8, 4) is 0 Å². The largest absolute Gasteiger partial charge is 0.328 e. The van der Waals surface area contributed by atoms with E-state index in [1.54, 1.807) is 0 Å². The molecule has 1 atom stereocenters. The summed E-state index contributed by atoms with van der Waals surface area (Å²) in [7, 11) is 0. The van der Waals surface area contributed by atoms with Crippen LogP contribution in [0.4, 0.5) is 0 Å². The van der Waals surface area contributed by atoms with Crippen molar-refractivity contribution in [1.29, 1.82) is 0 Å². The van der Waals surface area contributed by atoms with E-state index in [-0.39, 0.29) is 6.04 Å². The van der Waals surface area contributed by atoms with Gasteiger partial charge in [0, 0.05) is 10.5 Å². The maximum absolute atomic E-state index is 5.68. The van der Waals surface area contributed by atoms with Crippen molar-refractivity contribution in [2.24, 2.45) is 5.73 Å². The number of hydrogen-bond donors (Lipinski definition) is 1. The van der Waals surface area contributed by atoms with E-state index in [1.165, 1.54) is 10.0 Å². The molecule has 1 aromatic carbocycles. The van der Waals surface area contributed by atoms with Gasteiger partial charge in [-0.15, -0.1) is 0 Å². The van der Waals surface area contributed by atoms with Crippen molar-refractivity contribution in [2.75, 3.05) is 0 Å². The maximum Gasteiger partial charge on any atom is 0.0207 e. The summed E-state index contributed by atoms with van der Waals surface area (Å²) in [6.07, 6.45) is 2.10. The van der Waals surface area contributed by atoms with E-state index >= 15 is 0 Å². The fourth-order valence-corrected chi connectivity index (χ4v) is 1.57. The molecule has 0 aromatic heterocycles. The molecule has 0 aliphatic heterocycles. The minimum Gasteiger partial charge on any atom is -0.328 e. The number of aryl methyl sites for hydroxylation is 1. The summed E-state index contributed by atoms with van der Waals surface area (Å²) < 4.78 is 1.19. The molecule has 66 valence electrons. The third-order valence-corrected chi connectivity index (χ3v) is 2.60. The van der Waals surface area contributed by atoms with Crippen molar-refractivity contribution in [2.45, 2.75) is 25.8 Å². The summed E-state index contributed by atoms with van der Waals surface area (Å²) in [6, 6.07) is 8.57. The normalized spacial score (nSPS) is 12.9. The molecule has 1 rings (SSSR count). The summed E-state index contributed by atoms with van der Waals surface area (Å²) in [5.74, 6) is 0. The monoisotopic (exact) mass is 227 g/mol. The van der Waals surface area contributed by atoms with E-state index < -0.39 is 0 Å². The lowest BCUT2D eigenvalue weighted by molar-refractivity contribution is 0.665. The molecule has 0 unspecified atom stereocenters. The van der Waals surface area contributed by atoms with Crippen molar-refractivity contribution < 1.29 is 0 Å². The standard InChI is InChI=1S/C10H14BrN/c1-8(12)6-7-9-4-2-3-5-10(9)11/h2-5,8H,6-7,12H2,1H3/t8-/m1/s1. The average molecular weight is 228 g/mol. The van der Waals surface area contributed by atoms with Gasteiger partial charge in [0.05, 0.1) is 0 Å². The number of benzene rings is 1. The van der Waals surface area contributed by atoms with E-state index in [9.17, 15) is 0 Å². The molecule has 1 aromatic rings. The van der Waals surface area contributed by atoms with E-state index in [0.717, 1.165) is 12.8 Å². The zero-order valence-electron chi connectivity index (χ0n) is 7.26. The van der Waals surface area contributed by atoms with Crippen LogP contribution in [0.25, 0.3) is 0 Å². The Bertz CT molecular complexity index is 245. The Labute approximate surface area is 82.1 Å². The topological polar surface area (TPSA) is 26.0 Å². The molecule has 0 saturated heterocycles. The average Bonchev–Trinajstić information content (AvgIpc) is 2.03. The molecular formula is C10H14BrN. The van der Waals surface area contributed by atoms with Crippen LogP contribution in [-0.2, 0) is 6.42 Å². The number of nitrogens with two attached hydrogens (primary N) is 1. The van der Waals surface area contributed by atoms with Crippen LogP contribution in [0.2, 0.25) is 0 Å². The van der Waals surface area contributed by atoms with Crippen LogP contribution >= 0.6 is 15.9 Å². The summed E-state index contributed by atoms with van der Waals surface area (Å²) >= 11 is 3.51. The van der Waals surface area contributed by atoms with Gasteiger partial charge in [0.15, 0.2) is 0 Å². The van der Waals surface area contributed by atoms with Gasteiger partial charge in [-0.2, -0.15) is 0 Å². The van der Waals surface area contributed by atoms with Crippen molar-refractivity contribution in [1.82, 2.24) is 0 Å². The van der Waals surface area contributed by atoms with Gasteiger partial charge in [0.1, 0.15) is 0 Å². The number of halogens is 1. The van der Waals surface area contributed by atoms with E-state index in [4.69, 9.17) is 5.73 Å². The fourth-order valence-electron chi connectivity index (χ4n) is 1.08. The highest BCUT2D eigenvalue weighted by molar-refractivity contribution is 9.10. The van der Waals surface area contributed by atoms with Gasteiger partial charge in [-0.1, -0.05) is 34.1 Å². The summed E-state index contributed by atoms with van der Waals surface area (Å²) in [5, 5.41) is 0. The molecule has 0 heterocycles. The molecule has 0 bridgehead atoms. The zero-order chi connectivity index (χ0) is 8.97. The summed E-state index contributed by atoms with van der Waals surface area (Å²) in [6.45, 7) is 2.04. The van der Waals surface area contributed by atoms with Gasteiger partial charge in [-0.3, -0.25) is 0 Å². The first kappa shape index (κ1) is 9.75. The van der Waals surface area contributed by atoms with Crippen LogP contribution < -0.4 is 5.73 Å². The lowest BCUT2D eigenvalue weighted by Crippen LogP contribution is -2.15. The van der Waals surface area contributed by atoms with Crippen LogP contribution in [0.15, 0.2) is 28.7 Å². The molecule has 0 aliphatic rings. The van der Waals surface area contributed by atoms with Crippen LogP contribution in [0.1, 0.15) is 18.9 Å². The van der Waals surface area contributed by atoms with E-state index in [1.807, 2.05) is 13.0 Å². The maximum atomic E-state index is 5.68. The number of hydrogen-bond acceptors (Lipinski definition) is 1. The van der Waals surface area contributed by atoms with E-state index in [0.29, 0.717) is 0 Å². The third-order valence-electron chi connectivity index (χ3n) is 1.83. The molecule has 0 amide bonds. The van der Waals surface area contributed by atoms with E-state index in [2.05, 4.69) is 34.1 Å². The van der Waals surface area contributed by atoms with Gasteiger partial charge in [0.2, 0.25) is 0 Å². The highest BCUT2D eigenvalue weighted by atomic mass is 79.9. The molecule has 0 radical (unpaired) electrons. The second-order valence-corrected chi connectivity index (χ2v) is 3.96. The quantitative estimate of drug-likeness (QED) is 0.845. The Morgan fingerprint density at radius 1 is 1.42 bits per heavy atom. The van der Waals surface area contributed by atoms with Gasteiger partial charge in [0.25, 0.3) is 0 Å². The highest BCUT2D eigenvalue weighted by Gasteiger charge is 1.99. The highest BCUT2D eigenvalue weighted by Crippen LogP contribution is 2.17. The first-order chi connectivity index (χ1) is 5.70. The third kappa shape index (κ3) is 2.95. The van der Waals surface area contributed by atoms with Gasteiger partial charge < -0.3 is 5.73 Å². The Balaban J connectivity index is 2.57. The molecule has 0 saturated carbocycles. The first-order valence-corrected chi connectivity index (χ1v) is 4.98. The molecule has 1 nitrogen and oxygen atoms in total. The molecule has 0 spiro atoms. The molecule has 0 fully saturated rings. The second-order valence-electron chi connectivity index (χ2n) is 3.11. The molecule has 12 heavy (non-hydrogen) atoms. The molecule has 2 heteroatoms. The van der Waals surface area contributed by atoms with Gasteiger partial charge >= 0.3 is 0 Å². The SMILES string of the molecule is C[C@@H](N)CCc1ccccc1Br. The van der Waals surface area contributed by atoms with Crippen molar-refractivity contribution in [3.05, 3.63) is 34.3 Å². The van der Waals surface area contributed by atoms with Crippen LogP contribution in [0.3, 0.4) is 0 Å². The fraction of sp³-hybridized carbons (Fsp3) is 0.400. The number of rotatable bonds is 3. The molecule has 0 aliphatic carbocycles. The van der Waals surface area contributed by atoms with Crippen LogP contribution in [0, 0.1) is 0 Å². The molecular weight excluding hydrogens is 214 g/mol. The second kappa shape index (κ2) is 4.63. The predicted octanol–water partition coefficient (Wildman–Crippen LogP) is 2.73.